The smallest absolute Gasteiger partial charge is 0.254 e. The Kier molecular flexibility index (Phi) is 4.81. The number of H-pyrrole nitrogens is 1. The highest BCUT2D eigenvalue weighted by Gasteiger charge is 2.44. The van der Waals surface area contributed by atoms with Crippen molar-refractivity contribution in [2.45, 2.75) is 37.6 Å². The molecule has 2 unspecified atom stereocenters. The average molecular weight is 402 g/mol. The van der Waals surface area contributed by atoms with Crippen molar-refractivity contribution in [1.82, 2.24) is 14.8 Å². The van der Waals surface area contributed by atoms with Crippen LogP contribution >= 0.6 is 0 Å². The first kappa shape index (κ1) is 18.9. The number of rotatable bonds is 2. The summed E-state index contributed by atoms with van der Waals surface area (Å²) in [6.07, 6.45) is 6.42. The molecule has 1 aromatic heterocycles. The van der Waals surface area contributed by atoms with E-state index in [0.29, 0.717) is 5.56 Å². The summed E-state index contributed by atoms with van der Waals surface area (Å²) in [7, 11) is 1.83. The molecule has 0 aliphatic carbocycles. The molecule has 0 saturated carbocycles. The van der Waals surface area contributed by atoms with E-state index < -0.39 is 5.92 Å². The number of likely N-dealkylation sites (tertiary alicyclic amines) is 1. The lowest BCUT2D eigenvalue weighted by atomic mass is 9.79. The first-order valence-corrected chi connectivity index (χ1v) is 10.9. The molecule has 3 heterocycles. The van der Waals surface area contributed by atoms with Gasteiger partial charge in [-0.3, -0.25) is 9.59 Å². The van der Waals surface area contributed by atoms with Gasteiger partial charge in [0.05, 0.1) is 12.0 Å². The van der Waals surface area contributed by atoms with Crippen molar-refractivity contribution in [2.75, 3.05) is 20.1 Å². The summed E-state index contributed by atoms with van der Waals surface area (Å²) in [5.41, 5.74) is 3.52. The Hall–Kier alpha value is -3.08. The molecule has 2 aromatic carbocycles. The molecule has 30 heavy (non-hydrogen) atoms. The number of carbonyl (C=O) groups is 2. The fourth-order valence-corrected chi connectivity index (χ4v) is 5.16. The number of nitrogens with one attached hydrogen (secondary N) is 1. The molecule has 1 saturated heterocycles. The fraction of sp³-hybridized carbons (Fsp3) is 0.360. The minimum Gasteiger partial charge on any atom is -0.361 e. The third kappa shape index (κ3) is 3.00. The molecule has 0 radical (unpaired) electrons. The quantitative estimate of drug-likeness (QED) is 0.688. The van der Waals surface area contributed by atoms with Crippen molar-refractivity contribution >= 4 is 22.7 Å². The molecular weight excluding hydrogens is 374 g/mol. The highest BCUT2D eigenvalue weighted by Crippen LogP contribution is 2.45. The number of carbonyl (C=O) groups excluding carboxylic acids is 2. The molecular formula is C25H27N3O2. The number of amides is 2. The van der Waals surface area contributed by atoms with Crippen molar-refractivity contribution in [3.8, 4) is 0 Å². The third-order valence-electron chi connectivity index (χ3n) is 6.70. The normalized spacial score (nSPS) is 22.1. The number of hydrogen-bond acceptors (Lipinski definition) is 2. The van der Waals surface area contributed by atoms with Gasteiger partial charge in [0.25, 0.3) is 5.91 Å². The van der Waals surface area contributed by atoms with E-state index in [2.05, 4.69) is 11.1 Å². The summed E-state index contributed by atoms with van der Waals surface area (Å²) in [5, 5.41) is 1.06. The second kappa shape index (κ2) is 7.63. The Morgan fingerprint density at radius 1 is 0.933 bits per heavy atom. The number of hydrogen-bond donors (Lipinski definition) is 1. The van der Waals surface area contributed by atoms with Crippen LogP contribution in [-0.2, 0) is 4.79 Å². The number of benzene rings is 2. The van der Waals surface area contributed by atoms with Crippen molar-refractivity contribution in [3.05, 3.63) is 71.4 Å². The lowest BCUT2D eigenvalue weighted by Gasteiger charge is -2.41. The summed E-state index contributed by atoms with van der Waals surface area (Å²) in [6.45, 7) is 1.60. The Balaban J connectivity index is 1.66. The van der Waals surface area contributed by atoms with Crippen LogP contribution in [0.5, 0.6) is 0 Å². The number of likely N-dealkylation sites (N-methyl/N-ethyl adjacent to an activating group) is 1. The molecule has 1 N–H and O–H groups in total. The number of aromatic amines is 1. The van der Waals surface area contributed by atoms with Gasteiger partial charge in [0, 0.05) is 48.4 Å². The molecule has 2 aliphatic rings. The van der Waals surface area contributed by atoms with Crippen LogP contribution < -0.4 is 0 Å². The third-order valence-corrected chi connectivity index (χ3v) is 6.70. The lowest BCUT2D eigenvalue weighted by molar-refractivity contribution is -0.134. The summed E-state index contributed by atoms with van der Waals surface area (Å²) >= 11 is 0. The highest BCUT2D eigenvalue weighted by atomic mass is 16.2. The SMILES string of the molecule is CN1C(=O)c2ccccc2C(C(=O)N2CCCCCC2)C1c1c[nH]c2ccccc12. The van der Waals surface area contributed by atoms with E-state index in [0.717, 1.165) is 48.0 Å². The summed E-state index contributed by atoms with van der Waals surface area (Å²) in [4.78, 5) is 34.3. The van der Waals surface area contributed by atoms with Gasteiger partial charge in [-0.1, -0.05) is 49.2 Å². The second-order valence-electron chi connectivity index (χ2n) is 8.45. The van der Waals surface area contributed by atoms with Crippen molar-refractivity contribution in [1.29, 1.82) is 0 Å². The van der Waals surface area contributed by atoms with E-state index in [4.69, 9.17) is 0 Å². The van der Waals surface area contributed by atoms with E-state index >= 15 is 0 Å². The van der Waals surface area contributed by atoms with Crippen LogP contribution in [0.3, 0.4) is 0 Å². The standard InChI is InChI=1S/C25H27N3O2/c1-27-23(20-16-26-21-13-7-6-10-17(20)21)22(18-11-4-5-12-19(18)24(27)29)25(30)28-14-8-2-3-9-15-28/h4-7,10-13,16,22-23,26H,2-3,8-9,14-15H2,1H3. The Morgan fingerprint density at radius 3 is 2.43 bits per heavy atom. The van der Waals surface area contributed by atoms with Crippen molar-refractivity contribution in [2.24, 2.45) is 0 Å². The maximum absolute atomic E-state index is 13.9. The zero-order valence-electron chi connectivity index (χ0n) is 17.3. The van der Waals surface area contributed by atoms with Crippen molar-refractivity contribution < 1.29 is 9.59 Å². The molecule has 0 bridgehead atoms. The molecule has 5 rings (SSSR count). The van der Waals surface area contributed by atoms with Gasteiger partial charge >= 0.3 is 0 Å². The van der Waals surface area contributed by atoms with Gasteiger partial charge in [-0.15, -0.1) is 0 Å². The van der Waals surface area contributed by atoms with E-state index in [1.165, 1.54) is 12.8 Å². The van der Waals surface area contributed by atoms with Gasteiger partial charge in [0.1, 0.15) is 0 Å². The van der Waals surface area contributed by atoms with E-state index in [9.17, 15) is 9.59 Å². The second-order valence-corrected chi connectivity index (χ2v) is 8.45. The molecule has 154 valence electrons. The number of fused-ring (bicyclic) bond motifs is 2. The topological polar surface area (TPSA) is 56.4 Å². The number of nitrogens with zero attached hydrogens (tertiary/aromatic N) is 2. The largest absolute Gasteiger partial charge is 0.361 e. The first-order valence-electron chi connectivity index (χ1n) is 10.9. The average Bonchev–Trinajstić information content (AvgIpc) is 3.00. The Labute approximate surface area is 176 Å². The van der Waals surface area contributed by atoms with Crippen LogP contribution in [0.2, 0.25) is 0 Å². The minimum absolute atomic E-state index is 0.0270. The number of aromatic nitrogens is 1. The van der Waals surface area contributed by atoms with Gasteiger partial charge in [0.15, 0.2) is 0 Å². The van der Waals surface area contributed by atoms with E-state index in [1.807, 2.05) is 60.6 Å². The minimum atomic E-state index is -0.402. The van der Waals surface area contributed by atoms with Crippen LogP contribution in [0.25, 0.3) is 10.9 Å². The molecule has 5 heteroatoms. The monoisotopic (exact) mass is 401 g/mol. The van der Waals surface area contributed by atoms with Crippen LogP contribution in [0, 0.1) is 0 Å². The summed E-state index contributed by atoms with van der Waals surface area (Å²) in [6, 6.07) is 15.4. The van der Waals surface area contributed by atoms with E-state index in [1.54, 1.807) is 4.90 Å². The maximum atomic E-state index is 13.9. The van der Waals surface area contributed by atoms with Crippen LogP contribution in [0.15, 0.2) is 54.7 Å². The Morgan fingerprint density at radius 2 is 1.63 bits per heavy atom. The molecule has 2 aliphatic heterocycles. The van der Waals surface area contributed by atoms with Crippen molar-refractivity contribution in [3.63, 3.8) is 0 Å². The summed E-state index contributed by atoms with van der Waals surface area (Å²) < 4.78 is 0. The predicted octanol–water partition coefficient (Wildman–Crippen LogP) is 4.48. The highest BCUT2D eigenvalue weighted by molar-refractivity contribution is 6.02. The molecule has 1 fully saturated rings. The summed E-state index contributed by atoms with van der Waals surface area (Å²) in [5.74, 6) is -0.291. The number of para-hydroxylation sites is 1. The molecule has 2 atom stereocenters. The molecule has 3 aromatic rings. The van der Waals surface area contributed by atoms with Gasteiger partial charge < -0.3 is 14.8 Å². The maximum Gasteiger partial charge on any atom is 0.254 e. The van der Waals surface area contributed by atoms with Crippen LogP contribution in [-0.4, -0.2) is 46.7 Å². The zero-order chi connectivity index (χ0) is 20.7. The first-order chi connectivity index (χ1) is 14.7. The molecule has 0 spiro atoms. The Bertz CT molecular complexity index is 1090. The van der Waals surface area contributed by atoms with Gasteiger partial charge in [0.2, 0.25) is 5.91 Å². The van der Waals surface area contributed by atoms with Crippen LogP contribution in [0.1, 0.15) is 59.1 Å². The van der Waals surface area contributed by atoms with Gasteiger partial charge in [-0.05, 0) is 30.5 Å². The molecule has 5 nitrogen and oxygen atoms in total. The van der Waals surface area contributed by atoms with Gasteiger partial charge in [-0.25, -0.2) is 0 Å². The molecule has 2 amide bonds. The predicted molar refractivity (Wildman–Crippen MR) is 117 cm³/mol. The van der Waals surface area contributed by atoms with Crippen LogP contribution in [0.4, 0.5) is 0 Å². The lowest BCUT2D eigenvalue weighted by Crippen LogP contribution is -2.47. The zero-order valence-corrected chi connectivity index (χ0v) is 17.3. The van der Waals surface area contributed by atoms with Gasteiger partial charge in [-0.2, -0.15) is 0 Å². The van der Waals surface area contributed by atoms with E-state index in [-0.39, 0.29) is 17.9 Å². The fourth-order valence-electron chi connectivity index (χ4n) is 5.16.